The summed E-state index contributed by atoms with van der Waals surface area (Å²) in [6.07, 6.45) is 2.84. The van der Waals surface area contributed by atoms with Crippen molar-refractivity contribution in [3.63, 3.8) is 0 Å². The van der Waals surface area contributed by atoms with Crippen molar-refractivity contribution in [3.8, 4) is 0 Å². The van der Waals surface area contributed by atoms with Crippen LogP contribution in [0.25, 0.3) is 0 Å². The van der Waals surface area contributed by atoms with Crippen LogP contribution in [-0.4, -0.2) is 61.6 Å². The van der Waals surface area contributed by atoms with Gasteiger partial charge < -0.3 is 50.8 Å². The number of hydrogen-bond acceptors (Lipinski definition) is 8. The van der Waals surface area contributed by atoms with E-state index in [2.05, 4.69) is 4.52 Å². The molecule has 224 valence electrons. The maximum atomic E-state index is 13.2. The zero-order chi connectivity index (χ0) is 29.3. The largest absolute Gasteiger partial charge is 0.373 e. The van der Waals surface area contributed by atoms with Crippen LogP contribution in [0.4, 0.5) is 0 Å². The molecule has 4 unspecified atom stereocenters. The molecule has 15 nitrogen and oxygen atoms in total. The van der Waals surface area contributed by atoms with E-state index in [1.54, 1.807) is 0 Å². The quantitative estimate of drug-likeness (QED) is 0.0690. The van der Waals surface area contributed by atoms with E-state index in [4.69, 9.17) is 11.5 Å². The fraction of sp³-hybridized carbons (Fsp3) is 1.00. The Hall–Kier alpha value is 0.480. The zero-order valence-corrected chi connectivity index (χ0v) is 24.8. The highest BCUT2D eigenvalue weighted by Gasteiger charge is 2.70. The third kappa shape index (κ3) is 10.4. The fourth-order valence-corrected chi connectivity index (χ4v) is 10.6. The molecule has 0 aromatic heterocycles. The monoisotopic (exact) mass is 620 g/mol. The number of aliphatic hydroxyl groups is 1. The first-order valence-electron chi connectivity index (χ1n) is 12.1. The Balaban J connectivity index is 6.40. The van der Waals surface area contributed by atoms with Gasteiger partial charge in [0.15, 0.2) is 0 Å². The minimum atomic E-state index is -6.37. The molecular formula is C18H44N2O13P4. The van der Waals surface area contributed by atoms with Gasteiger partial charge in [-0.3, -0.25) is 22.8 Å². The summed E-state index contributed by atoms with van der Waals surface area (Å²) in [5, 5.41) is 2.67. The van der Waals surface area contributed by atoms with Gasteiger partial charge in [0.25, 0.3) is 10.2 Å². The molecule has 0 fully saturated rings. The van der Waals surface area contributed by atoms with Crippen LogP contribution in [0.1, 0.15) is 90.9 Å². The number of nitrogens with two attached hydrogens (primary N) is 2. The first-order valence-corrected chi connectivity index (χ1v) is 18.5. The normalized spacial score (nSPS) is 18.7. The van der Waals surface area contributed by atoms with Gasteiger partial charge in [-0.05, 0) is 12.8 Å². The van der Waals surface area contributed by atoms with E-state index in [0.29, 0.717) is 25.7 Å². The standard InChI is InChI=1S/C18H44N2O13P4/c1-3-5-7-9-11-15(19)13-17(21,34(22,23)24)37(31,32)33-18(35(25,26)27,36(28,29)30)14-16(20)12-10-8-6-4-2/h15-16,21H,3-14,19-20H2,1-2H3,(H,31,32)(H2,22,23,24)(H2,25,26,27)(H2,28,29,30). The molecule has 0 radical (unpaired) electrons. The van der Waals surface area contributed by atoms with Crippen LogP contribution < -0.4 is 11.5 Å². The van der Waals surface area contributed by atoms with E-state index in [1.165, 1.54) is 0 Å². The SMILES string of the molecule is CCCCCCC(N)CC(OP(=O)(O)C(O)(CC(N)CCCCCC)P(=O)(O)O)(P(=O)(O)O)P(=O)(O)O. The lowest BCUT2D eigenvalue weighted by Crippen LogP contribution is -2.43. The van der Waals surface area contributed by atoms with E-state index < -0.39 is 65.5 Å². The van der Waals surface area contributed by atoms with Gasteiger partial charge >= 0.3 is 30.4 Å². The van der Waals surface area contributed by atoms with Crippen molar-refractivity contribution < 1.29 is 62.1 Å². The van der Waals surface area contributed by atoms with Gasteiger partial charge in [0, 0.05) is 24.9 Å². The van der Waals surface area contributed by atoms with E-state index in [-0.39, 0.29) is 12.8 Å². The smallest absolute Gasteiger partial charge is 0.367 e. The molecular weight excluding hydrogens is 576 g/mol. The van der Waals surface area contributed by atoms with Crippen LogP contribution in [0.15, 0.2) is 0 Å². The second kappa shape index (κ2) is 14.9. The summed E-state index contributed by atoms with van der Waals surface area (Å²) >= 11 is 0. The van der Waals surface area contributed by atoms with Crippen molar-refractivity contribution in [2.24, 2.45) is 11.5 Å². The Morgan fingerprint density at radius 2 is 1.03 bits per heavy atom. The van der Waals surface area contributed by atoms with E-state index in [1.807, 2.05) is 13.8 Å². The van der Waals surface area contributed by atoms with E-state index in [0.717, 1.165) is 25.7 Å². The Morgan fingerprint density at radius 1 is 0.649 bits per heavy atom. The van der Waals surface area contributed by atoms with Crippen LogP contribution in [0.2, 0.25) is 0 Å². The van der Waals surface area contributed by atoms with Crippen molar-refractivity contribution in [2.45, 2.75) is 113 Å². The molecule has 0 bridgehead atoms. The lowest BCUT2D eigenvalue weighted by Gasteiger charge is -2.41. The Bertz CT molecular complexity index is 867. The van der Waals surface area contributed by atoms with Gasteiger partial charge in [-0.2, -0.15) is 0 Å². The summed E-state index contributed by atoms with van der Waals surface area (Å²) < 4.78 is 54.6. The van der Waals surface area contributed by atoms with Gasteiger partial charge in [0.05, 0.1) is 0 Å². The lowest BCUT2D eigenvalue weighted by atomic mass is 10.1. The summed E-state index contributed by atoms with van der Waals surface area (Å²) in [5.74, 6) is 0. The molecule has 0 rings (SSSR count). The van der Waals surface area contributed by atoms with Crippen LogP contribution in [0.5, 0.6) is 0 Å². The average Bonchev–Trinajstić information content (AvgIpc) is 2.71. The molecule has 0 aliphatic heterocycles. The van der Waals surface area contributed by atoms with Gasteiger partial charge in [-0.1, -0.05) is 65.2 Å². The lowest BCUT2D eigenvalue weighted by molar-refractivity contribution is 0.0682. The Morgan fingerprint density at radius 3 is 1.35 bits per heavy atom. The van der Waals surface area contributed by atoms with Crippen molar-refractivity contribution in [3.05, 3.63) is 0 Å². The molecule has 0 aliphatic rings. The molecule has 0 aromatic carbocycles. The van der Waals surface area contributed by atoms with E-state index in [9.17, 15) is 57.6 Å². The molecule has 0 saturated carbocycles. The summed E-state index contributed by atoms with van der Waals surface area (Å²) in [4.78, 5) is 69.7. The summed E-state index contributed by atoms with van der Waals surface area (Å²) in [6, 6.07) is -2.64. The maximum Gasteiger partial charge on any atom is 0.373 e. The highest BCUT2D eigenvalue weighted by atomic mass is 31.3. The van der Waals surface area contributed by atoms with Crippen LogP contribution in [-0.2, 0) is 22.8 Å². The maximum absolute atomic E-state index is 13.2. The van der Waals surface area contributed by atoms with Gasteiger partial charge in [-0.15, -0.1) is 0 Å². The molecule has 0 heterocycles. The molecule has 12 N–H and O–H groups in total. The minimum Gasteiger partial charge on any atom is -0.367 e. The summed E-state index contributed by atoms with van der Waals surface area (Å²) in [7, 11) is -24.8. The molecule has 4 atom stereocenters. The highest BCUT2D eigenvalue weighted by molar-refractivity contribution is 7.75. The number of hydrogen-bond donors (Lipinski definition) is 10. The fourth-order valence-electron chi connectivity index (χ4n) is 3.79. The van der Waals surface area contributed by atoms with Crippen LogP contribution >= 0.6 is 30.4 Å². The van der Waals surface area contributed by atoms with Gasteiger partial charge in [-0.25, -0.2) is 0 Å². The summed E-state index contributed by atoms with van der Waals surface area (Å²) in [6.45, 7) is 3.84. The first kappa shape index (κ1) is 37.5. The minimum absolute atomic E-state index is 0.00770. The molecule has 0 aromatic rings. The van der Waals surface area contributed by atoms with Gasteiger partial charge in [0.2, 0.25) is 0 Å². The number of unbranched alkanes of at least 4 members (excludes halogenated alkanes) is 6. The van der Waals surface area contributed by atoms with Crippen molar-refractivity contribution >= 4 is 30.4 Å². The van der Waals surface area contributed by atoms with Crippen LogP contribution in [0.3, 0.4) is 0 Å². The first-order chi connectivity index (χ1) is 16.6. The molecule has 0 amide bonds. The Labute approximate surface area is 217 Å². The second-order valence-electron chi connectivity index (χ2n) is 9.39. The van der Waals surface area contributed by atoms with Crippen LogP contribution in [0, 0.1) is 0 Å². The molecule has 0 aliphatic carbocycles. The third-order valence-electron chi connectivity index (χ3n) is 6.02. The van der Waals surface area contributed by atoms with Crippen molar-refractivity contribution in [2.75, 3.05) is 0 Å². The van der Waals surface area contributed by atoms with E-state index >= 15 is 0 Å². The average molecular weight is 620 g/mol. The predicted molar refractivity (Wildman–Crippen MR) is 137 cm³/mol. The third-order valence-corrected chi connectivity index (χ3v) is 14.5. The number of rotatable bonds is 20. The van der Waals surface area contributed by atoms with Crippen molar-refractivity contribution in [1.29, 1.82) is 0 Å². The van der Waals surface area contributed by atoms with Crippen molar-refractivity contribution in [1.82, 2.24) is 0 Å². The Kier molecular flexibility index (Phi) is 15.1. The molecule has 0 spiro atoms. The zero-order valence-electron chi connectivity index (χ0n) is 21.2. The predicted octanol–water partition coefficient (Wildman–Crippen LogP) is 2.40. The summed E-state index contributed by atoms with van der Waals surface area (Å²) in [5.41, 5.74) is 11.6. The second-order valence-corrected chi connectivity index (χ2v) is 17.5. The molecule has 19 heteroatoms. The highest BCUT2D eigenvalue weighted by Crippen LogP contribution is 2.80. The molecule has 0 saturated heterocycles. The molecule has 37 heavy (non-hydrogen) atoms. The van der Waals surface area contributed by atoms with Gasteiger partial charge in [0.1, 0.15) is 0 Å². The topological polar surface area (TPSA) is 291 Å².